The minimum atomic E-state index is -1.03. The Morgan fingerprint density at radius 2 is 1.75 bits per heavy atom. The van der Waals surface area contributed by atoms with Crippen LogP contribution in [0.25, 0.3) is 0 Å². The number of carbonyl (C=O) groups is 2. The zero-order chi connectivity index (χ0) is 12.1. The molecule has 4 nitrogen and oxygen atoms in total. The van der Waals surface area contributed by atoms with Gasteiger partial charge in [0.2, 0.25) is 5.91 Å². The van der Waals surface area contributed by atoms with E-state index < -0.39 is 5.97 Å². The molecule has 0 heterocycles. The predicted molar refractivity (Wildman–Crippen MR) is 61.0 cm³/mol. The summed E-state index contributed by atoms with van der Waals surface area (Å²) < 4.78 is 0. The standard InChI is InChI=1S/C12H19NO3/c1-8(9(2)12(15)16)11(14)13-7-10-5-3-4-6-10/h10H,3-7H2,1-2H3,(H,13,14)(H,15,16). The Balaban J connectivity index is 2.45. The maximum absolute atomic E-state index is 11.6. The molecule has 1 saturated carbocycles. The molecule has 1 rings (SSSR count). The topological polar surface area (TPSA) is 66.4 Å². The summed E-state index contributed by atoms with van der Waals surface area (Å²) in [5.74, 6) is -0.720. The maximum atomic E-state index is 11.6. The van der Waals surface area contributed by atoms with Gasteiger partial charge in [-0.3, -0.25) is 4.79 Å². The number of amides is 1. The number of hydrogen-bond acceptors (Lipinski definition) is 2. The molecule has 0 unspecified atom stereocenters. The Hall–Kier alpha value is -1.32. The fourth-order valence-corrected chi connectivity index (χ4v) is 1.91. The predicted octanol–water partition coefficient (Wildman–Crippen LogP) is 1.71. The van der Waals surface area contributed by atoms with Crippen LogP contribution in [0.1, 0.15) is 39.5 Å². The molecule has 90 valence electrons. The van der Waals surface area contributed by atoms with E-state index >= 15 is 0 Å². The lowest BCUT2D eigenvalue weighted by Crippen LogP contribution is -2.29. The molecular weight excluding hydrogens is 206 g/mol. The Morgan fingerprint density at radius 1 is 1.19 bits per heavy atom. The minimum absolute atomic E-state index is 0.115. The molecule has 0 aromatic heterocycles. The first kappa shape index (κ1) is 12.7. The van der Waals surface area contributed by atoms with Crippen LogP contribution in [0.15, 0.2) is 11.1 Å². The van der Waals surface area contributed by atoms with Gasteiger partial charge in [0.1, 0.15) is 0 Å². The van der Waals surface area contributed by atoms with Crippen molar-refractivity contribution in [2.24, 2.45) is 5.92 Å². The molecule has 0 radical (unpaired) electrons. The lowest BCUT2D eigenvalue weighted by Gasteiger charge is -2.11. The van der Waals surface area contributed by atoms with Crippen LogP contribution in [0.3, 0.4) is 0 Å². The third-order valence-corrected chi connectivity index (χ3v) is 3.25. The van der Waals surface area contributed by atoms with E-state index in [4.69, 9.17) is 5.11 Å². The van der Waals surface area contributed by atoms with Crippen molar-refractivity contribution in [3.8, 4) is 0 Å². The number of carboxylic acids is 1. The van der Waals surface area contributed by atoms with Crippen LogP contribution >= 0.6 is 0 Å². The van der Waals surface area contributed by atoms with Crippen LogP contribution in [0.4, 0.5) is 0 Å². The van der Waals surface area contributed by atoms with Crippen molar-refractivity contribution in [3.05, 3.63) is 11.1 Å². The molecule has 0 aromatic rings. The Kier molecular flexibility index (Phi) is 4.52. The summed E-state index contributed by atoms with van der Waals surface area (Å²) in [6, 6.07) is 0. The number of rotatable bonds is 4. The van der Waals surface area contributed by atoms with Gasteiger partial charge in [-0.05, 0) is 32.6 Å². The van der Waals surface area contributed by atoms with E-state index in [1.807, 2.05) is 0 Å². The highest BCUT2D eigenvalue weighted by molar-refractivity contribution is 6.01. The molecule has 1 fully saturated rings. The second kappa shape index (κ2) is 5.68. The zero-order valence-corrected chi connectivity index (χ0v) is 9.88. The van der Waals surface area contributed by atoms with Crippen molar-refractivity contribution >= 4 is 11.9 Å². The molecule has 16 heavy (non-hydrogen) atoms. The zero-order valence-electron chi connectivity index (χ0n) is 9.88. The van der Waals surface area contributed by atoms with Crippen molar-refractivity contribution in [3.63, 3.8) is 0 Å². The van der Waals surface area contributed by atoms with E-state index in [-0.39, 0.29) is 11.5 Å². The molecule has 1 amide bonds. The minimum Gasteiger partial charge on any atom is -0.478 e. The summed E-state index contributed by atoms with van der Waals surface area (Å²) in [6.45, 7) is 3.67. The number of hydrogen-bond donors (Lipinski definition) is 2. The maximum Gasteiger partial charge on any atom is 0.331 e. The van der Waals surface area contributed by atoms with E-state index in [1.54, 1.807) is 6.92 Å². The molecule has 0 saturated heterocycles. The first-order valence-electron chi connectivity index (χ1n) is 5.71. The largest absolute Gasteiger partial charge is 0.478 e. The van der Waals surface area contributed by atoms with Gasteiger partial charge in [0.05, 0.1) is 0 Å². The molecule has 0 aliphatic heterocycles. The molecule has 1 aliphatic rings. The van der Waals surface area contributed by atoms with Crippen molar-refractivity contribution in [2.75, 3.05) is 6.54 Å². The van der Waals surface area contributed by atoms with Gasteiger partial charge in [-0.1, -0.05) is 12.8 Å². The van der Waals surface area contributed by atoms with Crippen LogP contribution in [-0.2, 0) is 9.59 Å². The van der Waals surface area contributed by atoms with Gasteiger partial charge in [-0.2, -0.15) is 0 Å². The summed E-state index contributed by atoms with van der Waals surface area (Å²) in [7, 11) is 0. The molecule has 4 heteroatoms. The summed E-state index contributed by atoms with van der Waals surface area (Å²) in [6.07, 6.45) is 4.81. The summed E-state index contributed by atoms with van der Waals surface area (Å²) in [4.78, 5) is 22.3. The van der Waals surface area contributed by atoms with E-state index in [9.17, 15) is 9.59 Å². The summed E-state index contributed by atoms with van der Waals surface area (Å²) >= 11 is 0. The average Bonchev–Trinajstić information content (AvgIpc) is 2.76. The third-order valence-electron chi connectivity index (χ3n) is 3.25. The Bertz CT molecular complexity index is 314. The number of carbonyl (C=O) groups excluding carboxylic acids is 1. The van der Waals surface area contributed by atoms with Crippen LogP contribution < -0.4 is 5.32 Å². The van der Waals surface area contributed by atoms with Crippen molar-refractivity contribution in [2.45, 2.75) is 39.5 Å². The van der Waals surface area contributed by atoms with Gasteiger partial charge in [-0.25, -0.2) is 4.79 Å². The first-order chi connectivity index (χ1) is 7.52. The number of carboxylic acid groups (broad SMARTS) is 1. The molecule has 0 spiro atoms. The lowest BCUT2D eigenvalue weighted by molar-refractivity contribution is -0.133. The van der Waals surface area contributed by atoms with Crippen molar-refractivity contribution < 1.29 is 14.7 Å². The van der Waals surface area contributed by atoms with Gasteiger partial charge < -0.3 is 10.4 Å². The van der Waals surface area contributed by atoms with E-state index in [0.29, 0.717) is 18.0 Å². The number of aliphatic carboxylic acids is 1. The Morgan fingerprint density at radius 3 is 2.25 bits per heavy atom. The Labute approximate surface area is 95.7 Å². The van der Waals surface area contributed by atoms with Crippen LogP contribution in [0.5, 0.6) is 0 Å². The second-order valence-corrected chi connectivity index (χ2v) is 4.42. The first-order valence-corrected chi connectivity index (χ1v) is 5.71. The monoisotopic (exact) mass is 225 g/mol. The van der Waals surface area contributed by atoms with Crippen LogP contribution in [0.2, 0.25) is 0 Å². The van der Waals surface area contributed by atoms with Gasteiger partial charge in [0, 0.05) is 17.7 Å². The van der Waals surface area contributed by atoms with Crippen LogP contribution in [0, 0.1) is 5.92 Å². The average molecular weight is 225 g/mol. The molecular formula is C12H19NO3. The van der Waals surface area contributed by atoms with Gasteiger partial charge >= 0.3 is 5.97 Å². The summed E-state index contributed by atoms with van der Waals surface area (Å²) in [5.41, 5.74) is 0.411. The molecule has 1 aliphatic carbocycles. The molecule has 2 N–H and O–H groups in total. The molecule has 0 atom stereocenters. The smallest absolute Gasteiger partial charge is 0.331 e. The highest BCUT2D eigenvalue weighted by Gasteiger charge is 2.17. The van der Waals surface area contributed by atoms with E-state index in [2.05, 4.69) is 5.32 Å². The normalized spacial score (nSPS) is 18.1. The lowest BCUT2D eigenvalue weighted by atomic mass is 10.1. The quantitative estimate of drug-likeness (QED) is 0.716. The SMILES string of the molecule is CC(C(=O)O)=C(C)C(=O)NCC1CCCC1. The van der Waals surface area contributed by atoms with Gasteiger partial charge in [0.25, 0.3) is 0 Å². The fraction of sp³-hybridized carbons (Fsp3) is 0.667. The van der Waals surface area contributed by atoms with E-state index in [1.165, 1.54) is 32.6 Å². The van der Waals surface area contributed by atoms with Gasteiger partial charge in [-0.15, -0.1) is 0 Å². The van der Waals surface area contributed by atoms with Crippen molar-refractivity contribution in [1.29, 1.82) is 0 Å². The van der Waals surface area contributed by atoms with E-state index in [0.717, 1.165) is 0 Å². The van der Waals surface area contributed by atoms with Crippen LogP contribution in [-0.4, -0.2) is 23.5 Å². The second-order valence-electron chi connectivity index (χ2n) is 4.42. The fourth-order valence-electron chi connectivity index (χ4n) is 1.91. The van der Waals surface area contributed by atoms with Crippen molar-refractivity contribution in [1.82, 2.24) is 5.32 Å². The highest BCUT2D eigenvalue weighted by atomic mass is 16.4. The van der Waals surface area contributed by atoms with Gasteiger partial charge in [0.15, 0.2) is 0 Å². The highest BCUT2D eigenvalue weighted by Crippen LogP contribution is 2.23. The molecule has 0 bridgehead atoms. The number of nitrogens with one attached hydrogen (secondary N) is 1. The molecule has 0 aromatic carbocycles. The summed E-state index contributed by atoms with van der Waals surface area (Å²) in [5, 5.41) is 11.5. The third kappa shape index (κ3) is 3.36.